The normalized spacial score (nSPS) is 12.8. The fourth-order valence-corrected chi connectivity index (χ4v) is 2.36. The van der Waals surface area contributed by atoms with Crippen molar-refractivity contribution in [2.24, 2.45) is 0 Å². The van der Waals surface area contributed by atoms with Gasteiger partial charge in [-0.25, -0.2) is 0 Å². The SMILES string of the molecule is FC(F)(F)Cc1ccc(C2=Cc3ccccc3[CH]2)cc1.[Cl][Ti][Cl]. The third kappa shape index (κ3) is 5.68. The van der Waals surface area contributed by atoms with Crippen molar-refractivity contribution in [2.45, 2.75) is 12.6 Å². The minimum absolute atomic E-state index is 0.289. The summed E-state index contributed by atoms with van der Waals surface area (Å²) in [5.74, 6) is 0. The second kappa shape index (κ2) is 8.39. The molecule has 0 amide bonds. The van der Waals surface area contributed by atoms with Crippen LogP contribution in [0.25, 0.3) is 11.6 Å². The van der Waals surface area contributed by atoms with Crippen LogP contribution in [0.5, 0.6) is 0 Å². The predicted molar refractivity (Wildman–Crippen MR) is 85.6 cm³/mol. The number of rotatable bonds is 2. The van der Waals surface area contributed by atoms with E-state index in [4.69, 9.17) is 18.6 Å². The predicted octanol–water partition coefficient (Wildman–Crippen LogP) is 6.27. The van der Waals surface area contributed by atoms with Gasteiger partial charge in [-0.1, -0.05) is 54.6 Å². The molecule has 0 heterocycles. The van der Waals surface area contributed by atoms with Crippen molar-refractivity contribution in [1.82, 2.24) is 0 Å². The molecule has 1 radical (unpaired) electrons. The number of allylic oxidation sites excluding steroid dienone is 1. The van der Waals surface area contributed by atoms with Crippen molar-refractivity contribution in [3.8, 4) is 0 Å². The van der Waals surface area contributed by atoms with Gasteiger partial charge in [-0.3, -0.25) is 0 Å². The van der Waals surface area contributed by atoms with Gasteiger partial charge < -0.3 is 0 Å². The second-order valence-corrected chi connectivity index (χ2v) is 7.51. The molecule has 0 bridgehead atoms. The molecule has 23 heavy (non-hydrogen) atoms. The number of halogens is 5. The van der Waals surface area contributed by atoms with Crippen LogP contribution in [0.2, 0.25) is 0 Å². The van der Waals surface area contributed by atoms with Gasteiger partial charge in [0.15, 0.2) is 0 Å². The maximum atomic E-state index is 12.3. The summed E-state index contributed by atoms with van der Waals surface area (Å²) in [6.07, 6.45) is -0.936. The van der Waals surface area contributed by atoms with Crippen LogP contribution in [0.1, 0.15) is 22.3 Å². The van der Waals surface area contributed by atoms with Crippen LogP contribution in [-0.2, 0) is 23.5 Å². The van der Waals surface area contributed by atoms with Crippen LogP contribution in [0, 0.1) is 6.42 Å². The zero-order valence-electron chi connectivity index (χ0n) is 11.9. The molecule has 0 N–H and O–H groups in total. The molecule has 0 spiro atoms. The average molecular weight is 392 g/mol. The molecule has 6 heteroatoms. The molecule has 0 nitrogen and oxygen atoms in total. The van der Waals surface area contributed by atoms with E-state index in [1.54, 1.807) is 24.3 Å². The Kier molecular flexibility index (Phi) is 6.78. The number of hydrogen-bond acceptors (Lipinski definition) is 0. The van der Waals surface area contributed by atoms with Crippen molar-refractivity contribution in [2.75, 3.05) is 0 Å². The summed E-state index contributed by atoms with van der Waals surface area (Å²) in [6, 6.07) is 14.6. The minimum atomic E-state index is -4.16. The Morgan fingerprint density at radius 3 is 1.96 bits per heavy atom. The van der Waals surface area contributed by atoms with Crippen molar-refractivity contribution in [1.29, 1.82) is 0 Å². The van der Waals surface area contributed by atoms with Crippen molar-refractivity contribution >= 4 is 30.3 Å². The quantitative estimate of drug-likeness (QED) is 0.529. The number of benzene rings is 2. The second-order valence-electron chi connectivity index (χ2n) is 4.93. The van der Waals surface area contributed by atoms with Crippen LogP contribution < -0.4 is 0 Å². The molecule has 0 unspecified atom stereocenters. The van der Waals surface area contributed by atoms with Crippen LogP contribution in [0.4, 0.5) is 13.2 Å². The first kappa shape index (κ1) is 18.6. The third-order valence-corrected chi connectivity index (χ3v) is 3.31. The topological polar surface area (TPSA) is 0 Å². The van der Waals surface area contributed by atoms with Crippen LogP contribution in [0.15, 0.2) is 48.5 Å². The van der Waals surface area contributed by atoms with Gasteiger partial charge in [-0.2, -0.15) is 13.2 Å². The van der Waals surface area contributed by atoms with Gasteiger partial charge in [0.1, 0.15) is 0 Å². The van der Waals surface area contributed by atoms with E-state index >= 15 is 0 Å². The van der Waals surface area contributed by atoms with Gasteiger partial charge in [-0.05, 0) is 27.8 Å². The molecule has 0 fully saturated rings. The summed E-state index contributed by atoms with van der Waals surface area (Å²) in [7, 11) is 9.78. The van der Waals surface area contributed by atoms with Gasteiger partial charge in [0.25, 0.3) is 0 Å². The third-order valence-electron chi connectivity index (χ3n) is 3.31. The van der Waals surface area contributed by atoms with Crippen molar-refractivity contribution < 1.29 is 30.2 Å². The molecule has 0 saturated carbocycles. The van der Waals surface area contributed by atoms with E-state index < -0.39 is 29.6 Å². The van der Waals surface area contributed by atoms with Gasteiger partial charge in [0.2, 0.25) is 0 Å². The number of hydrogen-bond donors (Lipinski definition) is 0. The van der Waals surface area contributed by atoms with Gasteiger partial charge in [0.05, 0.1) is 6.42 Å². The maximum absolute atomic E-state index is 12.3. The molecule has 2 aromatic carbocycles. The van der Waals surface area contributed by atoms with Crippen LogP contribution in [0.3, 0.4) is 0 Å². The average Bonchev–Trinajstić information content (AvgIpc) is 2.91. The number of fused-ring (bicyclic) bond motifs is 1. The first-order valence-electron chi connectivity index (χ1n) is 6.71. The van der Waals surface area contributed by atoms with Gasteiger partial charge >= 0.3 is 41.8 Å². The fourth-order valence-electron chi connectivity index (χ4n) is 2.36. The Morgan fingerprint density at radius 2 is 1.43 bits per heavy atom. The molecule has 0 aromatic heterocycles. The molecule has 119 valence electrons. The summed E-state index contributed by atoms with van der Waals surface area (Å²) >= 11 is -0.556. The summed E-state index contributed by atoms with van der Waals surface area (Å²) in [6.45, 7) is 0. The Morgan fingerprint density at radius 1 is 0.870 bits per heavy atom. The first-order chi connectivity index (χ1) is 10.9. The molecule has 0 atom stereocenters. The summed E-state index contributed by atoms with van der Waals surface area (Å²) < 4.78 is 36.9. The number of alkyl halides is 3. The van der Waals surface area contributed by atoms with Crippen molar-refractivity contribution in [3.05, 3.63) is 77.2 Å². The molecular formula is C17H12Cl2F3Ti. The summed E-state index contributed by atoms with van der Waals surface area (Å²) in [4.78, 5) is 0. The van der Waals surface area contributed by atoms with E-state index in [-0.39, 0.29) is 5.56 Å². The standard InChI is InChI=1S/C17H12F3.2ClH.Ti/c18-17(19,20)11-12-5-7-13(8-6-12)16-9-14-3-1-2-4-15(14)10-16;;;/h1-10H,11H2;2*1H;/q;;;+2/p-2. The molecule has 2 aromatic rings. The zero-order chi connectivity index (χ0) is 16.9. The molecule has 1 aliphatic carbocycles. The van der Waals surface area contributed by atoms with E-state index in [2.05, 4.69) is 0 Å². The van der Waals surface area contributed by atoms with E-state index in [1.807, 2.05) is 36.8 Å². The van der Waals surface area contributed by atoms with Gasteiger partial charge in [0, 0.05) is 6.42 Å². The first-order valence-corrected chi connectivity index (χ1v) is 11.0. The van der Waals surface area contributed by atoms with Crippen molar-refractivity contribution in [3.63, 3.8) is 0 Å². The molecular weight excluding hydrogens is 380 g/mol. The fraction of sp³-hybridized carbons (Fsp3) is 0.118. The van der Waals surface area contributed by atoms with E-state index in [1.165, 1.54) is 0 Å². The van der Waals surface area contributed by atoms with Crippen LogP contribution in [-0.4, -0.2) is 6.18 Å². The van der Waals surface area contributed by atoms with E-state index in [0.717, 1.165) is 22.3 Å². The molecule has 0 aliphatic heterocycles. The molecule has 3 rings (SSSR count). The molecule has 1 aliphatic rings. The Bertz CT molecular complexity index is 679. The Hall–Kier alpha value is -0.736. The summed E-state index contributed by atoms with van der Waals surface area (Å²) in [5, 5.41) is 0. The van der Waals surface area contributed by atoms with Gasteiger partial charge in [-0.15, -0.1) is 0 Å². The Labute approximate surface area is 150 Å². The Balaban J connectivity index is 0.000000595. The zero-order valence-corrected chi connectivity index (χ0v) is 14.9. The monoisotopic (exact) mass is 391 g/mol. The molecule has 0 saturated heterocycles. The van der Waals surface area contributed by atoms with E-state index in [0.29, 0.717) is 0 Å². The summed E-state index contributed by atoms with van der Waals surface area (Å²) in [5.41, 5.74) is 4.54. The van der Waals surface area contributed by atoms with E-state index in [9.17, 15) is 13.2 Å². The van der Waals surface area contributed by atoms with Crippen LogP contribution >= 0.6 is 18.6 Å².